The molecule has 0 radical (unpaired) electrons. The summed E-state index contributed by atoms with van der Waals surface area (Å²) < 4.78 is 1.01. The molecule has 0 N–H and O–H groups in total. The first kappa shape index (κ1) is 22.0. The van der Waals surface area contributed by atoms with Crippen LogP contribution in [0.3, 0.4) is 0 Å². The number of hydrogen-bond acceptors (Lipinski definition) is 6. The maximum absolute atomic E-state index is 13.2. The van der Waals surface area contributed by atoms with Gasteiger partial charge in [0.1, 0.15) is 10.6 Å². The van der Waals surface area contributed by atoms with E-state index in [1.807, 2.05) is 41.3 Å². The summed E-state index contributed by atoms with van der Waals surface area (Å²) in [4.78, 5) is 31.3. The van der Waals surface area contributed by atoms with Gasteiger partial charge in [-0.1, -0.05) is 29.8 Å². The standard InChI is InChI=1S/C24H25ClN4O3S/c25-22-18-6-2-3-7-21(18)33-23(22)24(30)28-14-12-26(13-15-28)17-8-9-19(29(31)32)20(16-17)27-10-4-1-5-11-27/h2-3,6-9,16H,1,4-5,10-15H2. The number of nitro benzene ring substituents is 1. The number of piperidine rings is 1. The molecule has 3 heterocycles. The summed E-state index contributed by atoms with van der Waals surface area (Å²) in [5.41, 5.74) is 1.83. The molecule has 2 saturated heterocycles. The van der Waals surface area contributed by atoms with Crippen molar-refractivity contribution >= 4 is 56.0 Å². The van der Waals surface area contributed by atoms with Gasteiger partial charge in [-0.2, -0.15) is 0 Å². The molecule has 0 spiro atoms. The lowest BCUT2D eigenvalue weighted by molar-refractivity contribution is -0.384. The summed E-state index contributed by atoms with van der Waals surface area (Å²) in [5.74, 6) is -0.0291. The smallest absolute Gasteiger partial charge is 0.292 e. The first-order valence-electron chi connectivity index (χ1n) is 11.3. The van der Waals surface area contributed by atoms with E-state index in [2.05, 4.69) is 9.80 Å². The second-order valence-electron chi connectivity index (χ2n) is 8.50. The van der Waals surface area contributed by atoms with Gasteiger partial charge >= 0.3 is 0 Å². The van der Waals surface area contributed by atoms with Crippen molar-refractivity contribution in [2.45, 2.75) is 19.3 Å². The van der Waals surface area contributed by atoms with E-state index in [1.165, 1.54) is 17.8 Å². The van der Waals surface area contributed by atoms with Gasteiger partial charge in [-0.15, -0.1) is 11.3 Å². The number of amides is 1. The van der Waals surface area contributed by atoms with Crippen molar-refractivity contribution in [3.8, 4) is 0 Å². The molecule has 2 aliphatic rings. The second-order valence-corrected chi connectivity index (χ2v) is 9.93. The van der Waals surface area contributed by atoms with E-state index in [1.54, 1.807) is 6.07 Å². The van der Waals surface area contributed by atoms with Gasteiger partial charge in [0.2, 0.25) is 0 Å². The molecule has 1 aromatic heterocycles. The molecule has 0 bridgehead atoms. The summed E-state index contributed by atoms with van der Waals surface area (Å²) in [5, 5.41) is 13.1. The quantitative estimate of drug-likeness (QED) is 0.365. The molecular weight excluding hydrogens is 460 g/mol. The zero-order valence-electron chi connectivity index (χ0n) is 18.2. The normalized spacial score (nSPS) is 16.9. The monoisotopic (exact) mass is 484 g/mol. The summed E-state index contributed by atoms with van der Waals surface area (Å²) in [6, 6.07) is 13.2. The maximum Gasteiger partial charge on any atom is 0.292 e. The fraction of sp³-hybridized carbons (Fsp3) is 0.375. The molecule has 33 heavy (non-hydrogen) atoms. The molecule has 5 rings (SSSR count). The van der Waals surface area contributed by atoms with Crippen molar-refractivity contribution in [3.05, 3.63) is 62.5 Å². The van der Waals surface area contributed by atoms with Gasteiger partial charge in [-0.3, -0.25) is 14.9 Å². The Morgan fingerprint density at radius 2 is 1.67 bits per heavy atom. The molecule has 172 valence electrons. The summed E-state index contributed by atoms with van der Waals surface area (Å²) in [7, 11) is 0. The van der Waals surface area contributed by atoms with Gasteiger partial charge in [0.05, 0.1) is 9.95 Å². The highest BCUT2D eigenvalue weighted by Gasteiger charge is 2.28. The average molecular weight is 485 g/mol. The Kier molecular flexibility index (Phi) is 6.12. The third-order valence-corrected chi connectivity index (χ3v) is 8.18. The number of benzene rings is 2. The second kappa shape index (κ2) is 9.19. The van der Waals surface area contributed by atoms with E-state index in [-0.39, 0.29) is 16.5 Å². The minimum absolute atomic E-state index is 0.0291. The number of nitrogens with zero attached hydrogens (tertiary/aromatic N) is 4. The number of thiophene rings is 1. The molecular formula is C24H25ClN4O3S. The van der Waals surface area contributed by atoms with E-state index < -0.39 is 0 Å². The molecule has 1 amide bonds. The fourth-order valence-electron chi connectivity index (χ4n) is 4.71. The highest BCUT2D eigenvalue weighted by molar-refractivity contribution is 7.21. The number of rotatable bonds is 4. The van der Waals surface area contributed by atoms with Crippen LogP contribution in [0.5, 0.6) is 0 Å². The van der Waals surface area contributed by atoms with Crippen LogP contribution in [0, 0.1) is 10.1 Å². The van der Waals surface area contributed by atoms with Crippen LogP contribution in [-0.4, -0.2) is 55.0 Å². The molecule has 2 aromatic carbocycles. The third kappa shape index (κ3) is 4.25. The SMILES string of the molecule is O=C(c1sc2ccccc2c1Cl)N1CCN(c2ccc([N+](=O)[O-])c(N3CCCCC3)c2)CC1. The molecule has 3 aromatic rings. The lowest BCUT2D eigenvalue weighted by Crippen LogP contribution is -2.48. The molecule has 0 atom stereocenters. The maximum atomic E-state index is 13.2. The Labute approximate surface area is 201 Å². The van der Waals surface area contributed by atoms with Crippen molar-refractivity contribution in [2.75, 3.05) is 49.1 Å². The minimum atomic E-state index is -0.293. The molecule has 0 aliphatic carbocycles. The van der Waals surface area contributed by atoms with E-state index in [9.17, 15) is 14.9 Å². The highest BCUT2D eigenvalue weighted by Crippen LogP contribution is 2.37. The topological polar surface area (TPSA) is 69.9 Å². The molecule has 2 fully saturated rings. The van der Waals surface area contributed by atoms with Crippen LogP contribution in [-0.2, 0) is 0 Å². The molecule has 2 aliphatic heterocycles. The number of carbonyl (C=O) groups is 1. The number of nitro groups is 1. The van der Waals surface area contributed by atoms with Crippen molar-refractivity contribution in [2.24, 2.45) is 0 Å². The van der Waals surface area contributed by atoms with E-state index in [4.69, 9.17) is 11.6 Å². The minimum Gasteiger partial charge on any atom is -0.368 e. The fourth-order valence-corrected chi connectivity index (χ4v) is 6.19. The number of halogens is 1. The highest BCUT2D eigenvalue weighted by atomic mass is 35.5. The first-order valence-corrected chi connectivity index (χ1v) is 12.5. The number of anilines is 2. The molecule has 0 saturated carbocycles. The Balaban J connectivity index is 1.32. The van der Waals surface area contributed by atoms with Gasteiger partial charge < -0.3 is 14.7 Å². The molecule has 0 unspecified atom stereocenters. The van der Waals surface area contributed by atoms with E-state index in [0.717, 1.165) is 41.7 Å². The average Bonchev–Trinajstić information content (AvgIpc) is 3.20. The Hall–Kier alpha value is -2.84. The van der Waals surface area contributed by atoms with Crippen LogP contribution in [0.1, 0.15) is 28.9 Å². The number of piperazine rings is 1. The molecule has 9 heteroatoms. The largest absolute Gasteiger partial charge is 0.368 e. The van der Waals surface area contributed by atoms with Crippen LogP contribution in [0.2, 0.25) is 5.02 Å². The lowest BCUT2D eigenvalue weighted by Gasteiger charge is -2.36. The van der Waals surface area contributed by atoms with Gasteiger partial charge in [0.25, 0.3) is 11.6 Å². The third-order valence-electron chi connectivity index (χ3n) is 6.51. The lowest BCUT2D eigenvalue weighted by atomic mass is 10.1. The van der Waals surface area contributed by atoms with E-state index in [0.29, 0.717) is 41.8 Å². The van der Waals surface area contributed by atoms with Crippen molar-refractivity contribution < 1.29 is 9.72 Å². The number of carbonyl (C=O) groups excluding carboxylic acids is 1. The summed E-state index contributed by atoms with van der Waals surface area (Å²) in [6.45, 7) is 4.21. The summed E-state index contributed by atoms with van der Waals surface area (Å²) >= 11 is 7.96. The first-order chi connectivity index (χ1) is 16.0. The number of hydrogen-bond donors (Lipinski definition) is 0. The van der Waals surface area contributed by atoms with Crippen LogP contribution >= 0.6 is 22.9 Å². The van der Waals surface area contributed by atoms with Crippen LogP contribution in [0.15, 0.2) is 42.5 Å². The van der Waals surface area contributed by atoms with Gasteiger partial charge in [-0.05, 0) is 37.5 Å². The van der Waals surface area contributed by atoms with Gasteiger partial charge in [0.15, 0.2) is 0 Å². The van der Waals surface area contributed by atoms with Crippen molar-refractivity contribution in [3.63, 3.8) is 0 Å². The van der Waals surface area contributed by atoms with Crippen molar-refractivity contribution in [1.82, 2.24) is 4.90 Å². The number of fused-ring (bicyclic) bond motifs is 1. The van der Waals surface area contributed by atoms with Gasteiger partial charge in [0, 0.05) is 61.1 Å². The van der Waals surface area contributed by atoms with Crippen LogP contribution in [0.4, 0.5) is 17.1 Å². The summed E-state index contributed by atoms with van der Waals surface area (Å²) in [6.07, 6.45) is 3.29. The van der Waals surface area contributed by atoms with Gasteiger partial charge in [-0.25, -0.2) is 0 Å². The van der Waals surface area contributed by atoms with Crippen LogP contribution < -0.4 is 9.80 Å². The van der Waals surface area contributed by atoms with Crippen LogP contribution in [0.25, 0.3) is 10.1 Å². The molecule has 7 nitrogen and oxygen atoms in total. The predicted octanol–water partition coefficient (Wildman–Crippen LogP) is 5.42. The van der Waals surface area contributed by atoms with E-state index >= 15 is 0 Å². The predicted molar refractivity (Wildman–Crippen MR) is 134 cm³/mol. The Morgan fingerprint density at radius 1 is 0.939 bits per heavy atom. The Bertz CT molecular complexity index is 1200. The Morgan fingerprint density at radius 3 is 2.36 bits per heavy atom. The van der Waals surface area contributed by atoms with Crippen molar-refractivity contribution in [1.29, 1.82) is 0 Å². The zero-order chi connectivity index (χ0) is 22.9. The zero-order valence-corrected chi connectivity index (χ0v) is 19.8.